The predicted octanol–water partition coefficient (Wildman–Crippen LogP) is 5.49. The monoisotopic (exact) mass is 384 g/mol. The average molecular weight is 385 g/mol. The highest BCUT2D eigenvalue weighted by molar-refractivity contribution is 5.64. The summed E-state index contributed by atoms with van der Waals surface area (Å²) in [6.07, 6.45) is 5.14. The van der Waals surface area contributed by atoms with Gasteiger partial charge >= 0.3 is 0 Å². The zero-order valence-electron chi connectivity index (χ0n) is 17.5. The molecule has 1 aliphatic rings. The lowest BCUT2D eigenvalue weighted by Gasteiger charge is -2.34. The molecule has 1 heterocycles. The Morgan fingerprint density at radius 2 is 2.00 bits per heavy atom. The highest BCUT2D eigenvalue weighted by atomic mass is 19.1. The molecule has 1 aliphatic heterocycles. The molecule has 3 rings (SSSR count). The summed E-state index contributed by atoms with van der Waals surface area (Å²) in [5, 5.41) is 3.41. The number of hydrogen-bond acceptors (Lipinski definition) is 3. The summed E-state index contributed by atoms with van der Waals surface area (Å²) in [7, 11) is 1.76. The van der Waals surface area contributed by atoms with E-state index in [1.807, 2.05) is 12.1 Å². The summed E-state index contributed by atoms with van der Waals surface area (Å²) in [6, 6.07) is 10.0. The van der Waals surface area contributed by atoms with E-state index in [1.54, 1.807) is 13.2 Å². The first-order valence-corrected chi connectivity index (χ1v) is 10.5. The maximum absolute atomic E-state index is 14.2. The number of methoxy groups -OCH3 is 1. The summed E-state index contributed by atoms with van der Waals surface area (Å²) in [5.41, 5.74) is 7.09. The smallest absolute Gasteiger partial charge is 0.128 e. The molecule has 4 heteroatoms. The average Bonchev–Trinajstić information content (AvgIpc) is 2.70. The largest absolute Gasteiger partial charge is 0.385 e. The number of nitrogens with zero attached hydrogens (tertiary/aromatic N) is 1. The highest BCUT2D eigenvalue weighted by Gasteiger charge is 2.20. The minimum absolute atomic E-state index is 0.113. The molecule has 28 heavy (non-hydrogen) atoms. The van der Waals surface area contributed by atoms with E-state index in [0.717, 1.165) is 56.6 Å². The number of halogens is 1. The van der Waals surface area contributed by atoms with Crippen LogP contribution in [0.5, 0.6) is 0 Å². The van der Waals surface area contributed by atoms with Crippen LogP contribution in [-0.2, 0) is 24.1 Å². The molecule has 0 unspecified atom stereocenters. The van der Waals surface area contributed by atoms with E-state index in [1.165, 1.54) is 28.8 Å². The van der Waals surface area contributed by atoms with Crippen molar-refractivity contribution in [3.05, 3.63) is 58.4 Å². The van der Waals surface area contributed by atoms with E-state index in [4.69, 9.17) is 4.74 Å². The third kappa shape index (κ3) is 4.85. The maximum Gasteiger partial charge on any atom is 0.128 e. The van der Waals surface area contributed by atoms with Crippen LogP contribution in [0.2, 0.25) is 0 Å². The van der Waals surface area contributed by atoms with Gasteiger partial charge in [0.15, 0.2) is 0 Å². The minimum Gasteiger partial charge on any atom is -0.385 e. The van der Waals surface area contributed by atoms with Crippen LogP contribution in [0, 0.1) is 12.7 Å². The van der Waals surface area contributed by atoms with Crippen molar-refractivity contribution in [1.29, 1.82) is 0 Å². The van der Waals surface area contributed by atoms with Gasteiger partial charge in [0.25, 0.3) is 0 Å². The van der Waals surface area contributed by atoms with E-state index in [2.05, 4.69) is 36.2 Å². The van der Waals surface area contributed by atoms with Gasteiger partial charge in [-0.1, -0.05) is 31.5 Å². The molecule has 1 N–H and O–H groups in total. The molecule has 0 aliphatic carbocycles. The van der Waals surface area contributed by atoms with Crippen molar-refractivity contribution < 1.29 is 9.13 Å². The van der Waals surface area contributed by atoms with Crippen LogP contribution < -0.4 is 10.2 Å². The quantitative estimate of drug-likeness (QED) is 0.579. The van der Waals surface area contributed by atoms with Gasteiger partial charge in [-0.3, -0.25) is 0 Å². The second-order valence-electron chi connectivity index (χ2n) is 7.70. The summed E-state index contributed by atoms with van der Waals surface area (Å²) in [6.45, 7) is 7.93. The van der Waals surface area contributed by atoms with Gasteiger partial charge in [-0.25, -0.2) is 4.39 Å². The number of benzene rings is 2. The van der Waals surface area contributed by atoms with Crippen molar-refractivity contribution in [1.82, 2.24) is 0 Å². The molecule has 0 spiro atoms. The van der Waals surface area contributed by atoms with Crippen molar-refractivity contribution in [3.8, 4) is 0 Å². The molecule has 3 nitrogen and oxygen atoms in total. The standard InChI is InChI=1S/C24H33FN2O/c1-4-7-19-11-12-22(16-23(19)25)26-17-21-10-9-20-8-5-13-27(14-6-15-28-3)24(20)18(21)2/h9-12,16,26H,4-8,13-15,17H2,1-3H3. The Balaban J connectivity index is 1.73. The molecule has 0 bridgehead atoms. The molecule has 0 saturated heterocycles. The first-order chi connectivity index (χ1) is 13.6. The Hall–Kier alpha value is -2.07. The van der Waals surface area contributed by atoms with Crippen LogP contribution in [0.1, 0.15) is 48.4 Å². The fourth-order valence-corrected chi connectivity index (χ4v) is 4.15. The third-order valence-electron chi connectivity index (χ3n) is 5.65. The van der Waals surface area contributed by atoms with Crippen LogP contribution in [0.15, 0.2) is 30.3 Å². The second-order valence-corrected chi connectivity index (χ2v) is 7.70. The number of anilines is 2. The Morgan fingerprint density at radius 3 is 2.75 bits per heavy atom. The van der Waals surface area contributed by atoms with Gasteiger partial charge in [0.05, 0.1) is 0 Å². The molecule has 152 valence electrons. The van der Waals surface area contributed by atoms with Crippen LogP contribution in [0.25, 0.3) is 0 Å². The second kappa shape index (κ2) is 9.92. The third-order valence-corrected chi connectivity index (χ3v) is 5.65. The minimum atomic E-state index is -0.113. The Labute approximate surface area is 168 Å². The van der Waals surface area contributed by atoms with Gasteiger partial charge in [-0.05, 0) is 67.0 Å². The lowest BCUT2D eigenvalue weighted by molar-refractivity contribution is 0.196. The summed E-state index contributed by atoms with van der Waals surface area (Å²) in [5.74, 6) is -0.113. The Kier molecular flexibility index (Phi) is 7.32. The number of rotatable bonds is 9. The van der Waals surface area contributed by atoms with Gasteiger partial charge in [-0.2, -0.15) is 0 Å². The van der Waals surface area contributed by atoms with Crippen molar-refractivity contribution in [3.63, 3.8) is 0 Å². The molecule has 0 fully saturated rings. The lowest BCUT2D eigenvalue weighted by atomic mass is 9.94. The van der Waals surface area contributed by atoms with Crippen molar-refractivity contribution in [2.24, 2.45) is 0 Å². The topological polar surface area (TPSA) is 24.5 Å². The lowest BCUT2D eigenvalue weighted by Crippen LogP contribution is -2.32. The number of fused-ring (bicyclic) bond motifs is 1. The predicted molar refractivity (Wildman–Crippen MR) is 116 cm³/mol. The molecule has 0 radical (unpaired) electrons. The van der Waals surface area contributed by atoms with Gasteiger partial charge in [0.2, 0.25) is 0 Å². The van der Waals surface area contributed by atoms with E-state index in [9.17, 15) is 4.39 Å². The summed E-state index contributed by atoms with van der Waals surface area (Å²) >= 11 is 0. The molecule has 0 atom stereocenters. The van der Waals surface area contributed by atoms with Crippen molar-refractivity contribution in [2.75, 3.05) is 37.0 Å². The normalized spacial score (nSPS) is 13.5. The zero-order valence-corrected chi connectivity index (χ0v) is 17.5. The number of nitrogens with one attached hydrogen (secondary N) is 1. The molecule has 0 aromatic heterocycles. The molecular weight excluding hydrogens is 351 g/mol. The Morgan fingerprint density at radius 1 is 1.18 bits per heavy atom. The fraction of sp³-hybridized carbons (Fsp3) is 0.500. The summed E-state index contributed by atoms with van der Waals surface area (Å²) in [4.78, 5) is 2.51. The Bertz CT molecular complexity index is 790. The molecular formula is C24H33FN2O. The molecule has 0 amide bonds. The summed E-state index contributed by atoms with van der Waals surface area (Å²) < 4.78 is 19.4. The van der Waals surface area contributed by atoms with Crippen LogP contribution in [0.4, 0.5) is 15.8 Å². The van der Waals surface area contributed by atoms with E-state index in [0.29, 0.717) is 6.54 Å². The van der Waals surface area contributed by atoms with Crippen LogP contribution in [-0.4, -0.2) is 26.8 Å². The molecule has 2 aromatic rings. The van der Waals surface area contributed by atoms with Crippen LogP contribution >= 0.6 is 0 Å². The van der Waals surface area contributed by atoms with Crippen LogP contribution in [0.3, 0.4) is 0 Å². The van der Waals surface area contributed by atoms with E-state index in [-0.39, 0.29) is 5.82 Å². The zero-order chi connectivity index (χ0) is 19.9. The first-order valence-electron chi connectivity index (χ1n) is 10.5. The first kappa shape index (κ1) is 20.7. The fourth-order valence-electron chi connectivity index (χ4n) is 4.15. The van der Waals surface area contributed by atoms with E-state index >= 15 is 0 Å². The van der Waals surface area contributed by atoms with Gasteiger partial charge < -0.3 is 15.0 Å². The molecule has 2 aromatic carbocycles. The van der Waals surface area contributed by atoms with Crippen molar-refractivity contribution in [2.45, 2.75) is 52.5 Å². The maximum atomic E-state index is 14.2. The van der Waals surface area contributed by atoms with Crippen molar-refractivity contribution >= 4 is 11.4 Å². The highest BCUT2D eigenvalue weighted by Crippen LogP contribution is 2.33. The number of ether oxygens (including phenoxy) is 1. The number of aryl methyl sites for hydroxylation is 2. The van der Waals surface area contributed by atoms with E-state index < -0.39 is 0 Å². The SMILES string of the molecule is CCCc1ccc(NCc2ccc3c(c2C)N(CCCOC)CCC3)cc1F. The number of hydrogen-bond donors (Lipinski definition) is 1. The van der Waals surface area contributed by atoms with Gasteiger partial charge in [0.1, 0.15) is 5.82 Å². The van der Waals surface area contributed by atoms with Gasteiger partial charge in [-0.15, -0.1) is 0 Å². The molecule has 0 saturated carbocycles. The van der Waals surface area contributed by atoms with Gasteiger partial charge in [0, 0.05) is 44.7 Å².